The van der Waals surface area contributed by atoms with Gasteiger partial charge in [-0.2, -0.15) is 76.2 Å². The van der Waals surface area contributed by atoms with Gasteiger partial charge in [0.1, 0.15) is 0 Å². The molecule has 2 radical (unpaired) electrons. The van der Waals surface area contributed by atoms with Crippen LogP contribution in [0.3, 0.4) is 0 Å². The van der Waals surface area contributed by atoms with Gasteiger partial charge in [0.2, 0.25) is 0 Å². The van der Waals surface area contributed by atoms with Gasteiger partial charge in [-0.05, 0) is 12.8 Å². The fourth-order valence-electron chi connectivity index (χ4n) is 5.58. The van der Waals surface area contributed by atoms with Crippen molar-refractivity contribution in [2.45, 2.75) is 66.6 Å². The van der Waals surface area contributed by atoms with E-state index in [0.717, 1.165) is 25.7 Å². The molecular formula is C46H50Cl2O2Zr2-2. The van der Waals surface area contributed by atoms with Crippen molar-refractivity contribution in [2.75, 3.05) is 14.2 Å². The topological polar surface area (TPSA) is 18.5 Å². The molecule has 2 nitrogen and oxygen atoms in total. The second kappa shape index (κ2) is 31.5. The molecule has 0 atom stereocenters. The third-order valence-electron chi connectivity index (χ3n) is 7.41. The zero-order chi connectivity index (χ0) is 34.4. The molecule has 0 amide bonds. The molecule has 52 heavy (non-hydrogen) atoms. The van der Waals surface area contributed by atoms with E-state index in [0.29, 0.717) is 13.2 Å². The van der Waals surface area contributed by atoms with Crippen molar-refractivity contribution in [1.29, 1.82) is 0 Å². The van der Waals surface area contributed by atoms with E-state index < -0.39 is 0 Å². The molecule has 0 heterocycles. The number of methoxy groups -OCH3 is 2. The van der Waals surface area contributed by atoms with Crippen molar-refractivity contribution in [3.63, 3.8) is 0 Å². The monoisotopic (exact) mass is 884 g/mol. The molecule has 0 saturated heterocycles. The minimum atomic E-state index is 0. The van der Waals surface area contributed by atoms with Crippen LogP contribution in [-0.2, 0) is 87.9 Å². The van der Waals surface area contributed by atoms with Gasteiger partial charge in [0.25, 0.3) is 0 Å². The first-order valence-corrected chi connectivity index (χ1v) is 16.7. The Hall–Kier alpha value is -1.89. The summed E-state index contributed by atoms with van der Waals surface area (Å²) < 4.78 is 10.5. The Labute approximate surface area is 366 Å². The van der Waals surface area contributed by atoms with E-state index in [1.807, 2.05) is 77.0 Å². The molecule has 0 unspecified atom stereocenters. The van der Waals surface area contributed by atoms with Gasteiger partial charge in [-0.3, -0.25) is 12.2 Å². The van der Waals surface area contributed by atoms with Crippen LogP contribution in [-0.4, -0.2) is 14.2 Å². The maximum absolute atomic E-state index is 5.25. The van der Waals surface area contributed by atoms with Gasteiger partial charge >= 0.3 is 52.4 Å². The first kappa shape index (κ1) is 52.2. The number of fused-ring (bicyclic) bond motifs is 6. The zero-order valence-electron chi connectivity index (χ0n) is 31.4. The summed E-state index contributed by atoms with van der Waals surface area (Å²) in [6, 6.07) is 32.0. The molecule has 6 heteroatoms. The van der Waals surface area contributed by atoms with E-state index in [1.54, 1.807) is 14.2 Å². The number of allylic oxidation sites excluding steroid dienone is 8. The number of hydrogen-bond donors (Lipinski definition) is 0. The summed E-state index contributed by atoms with van der Waals surface area (Å²) in [5.74, 6) is 0. The third-order valence-corrected chi connectivity index (χ3v) is 7.41. The number of benzene rings is 4. The summed E-state index contributed by atoms with van der Waals surface area (Å²) in [5.41, 5.74) is 13.3. The normalized spacial score (nSPS) is 11.7. The summed E-state index contributed by atoms with van der Waals surface area (Å²) in [6.45, 7) is 9.34. The van der Waals surface area contributed by atoms with Crippen molar-refractivity contribution >= 4 is 0 Å². The van der Waals surface area contributed by atoms with Gasteiger partial charge in [0.15, 0.2) is 0 Å². The number of ether oxygens (including phenoxy) is 2. The summed E-state index contributed by atoms with van der Waals surface area (Å²) in [5, 5.41) is 0. The molecule has 4 aromatic carbocycles. The molecular weight excluding hydrogens is 838 g/mol. The fourth-order valence-corrected chi connectivity index (χ4v) is 5.58. The molecule has 0 bridgehead atoms. The maximum Gasteiger partial charge on any atom is 3.00 e. The molecule has 270 valence electrons. The van der Waals surface area contributed by atoms with Crippen LogP contribution in [0, 0.1) is 37.1 Å². The van der Waals surface area contributed by atoms with E-state index in [1.165, 1.54) is 55.6 Å². The molecule has 8 rings (SSSR count). The smallest absolute Gasteiger partial charge is 1.00 e. The number of rotatable bonds is 4. The fraction of sp³-hybridized carbons (Fsp3) is 0.261. The Balaban J connectivity index is 0. The predicted molar refractivity (Wildman–Crippen MR) is 203 cm³/mol. The molecule has 0 aliphatic heterocycles. The quantitative estimate of drug-likeness (QED) is 0.219. The van der Waals surface area contributed by atoms with Crippen molar-refractivity contribution in [2.24, 2.45) is 0 Å². The molecule has 0 saturated carbocycles. The second-order valence-electron chi connectivity index (χ2n) is 11.4. The Kier molecular flexibility index (Phi) is 31.6. The molecule has 0 aromatic heterocycles. The maximum atomic E-state index is 5.25. The Morgan fingerprint density at radius 1 is 0.577 bits per heavy atom. The first-order valence-electron chi connectivity index (χ1n) is 16.7. The molecule has 4 aliphatic carbocycles. The van der Waals surface area contributed by atoms with Gasteiger partial charge in [0.05, 0.1) is 0 Å². The number of halogens is 2. The van der Waals surface area contributed by atoms with Crippen LogP contribution in [0.5, 0.6) is 0 Å². The van der Waals surface area contributed by atoms with Crippen molar-refractivity contribution < 1.29 is 86.7 Å². The van der Waals surface area contributed by atoms with Gasteiger partial charge in [-0.25, -0.2) is 24.3 Å². The first-order chi connectivity index (χ1) is 23.6. The Bertz CT molecular complexity index is 1520. The summed E-state index contributed by atoms with van der Waals surface area (Å²) in [4.78, 5) is 0. The van der Waals surface area contributed by atoms with Crippen LogP contribution >= 0.6 is 0 Å². The Morgan fingerprint density at radius 2 is 0.942 bits per heavy atom. The third kappa shape index (κ3) is 16.6. The average Bonchev–Trinajstić information content (AvgIpc) is 3.94. The van der Waals surface area contributed by atoms with Crippen LogP contribution in [0.4, 0.5) is 0 Å². The molecule has 0 fully saturated rings. The van der Waals surface area contributed by atoms with Crippen LogP contribution < -0.4 is 24.8 Å². The van der Waals surface area contributed by atoms with Gasteiger partial charge in [-0.1, -0.05) is 70.8 Å². The van der Waals surface area contributed by atoms with E-state index in [4.69, 9.17) is 9.47 Å². The van der Waals surface area contributed by atoms with Gasteiger partial charge in [0, 0.05) is 27.4 Å². The van der Waals surface area contributed by atoms with Crippen LogP contribution in [0.2, 0.25) is 0 Å². The van der Waals surface area contributed by atoms with Gasteiger partial charge in [-0.15, -0.1) is 46.2 Å². The van der Waals surface area contributed by atoms with Crippen LogP contribution in [0.25, 0.3) is 22.3 Å². The van der Waals surface area contributed by atoms with E-state index in [9.17, 15) is 0 Å². The Morgan fingerprint density at radius 3 is 1.23 bits per heavy atom. The summed E-state index contributed by atoms with van der Waals surface area (Å²) >= 11 is 0. The standard InChI is InChI=1S/2C15H13O.2C5H5.2C3H7.2ClH.2Zr/c2*1-16-10-13-7-4-6-12-9-11-5-2-3-8-14(11)15(12)13;2*1-2-4-5-3-1;2*1-3-2;;;;/h2*2-5,7-8H,9-10H2,1H3;2*1-3H,4H2;2*3H,1-2H3;2*1H;;/q6*-1;;;2*+3/p-2. The summed E-state index contributed by atoms with van der Waals surface area (Å²) in [6.07, 6.45) is 26.0. The predicted octanol–water partition coefficient (Wildman–Crippen LogP) is 5.48. The van der Waals surface area contributed by atoms with E-state index in [-0.39, 0.29) is 77.2 Å². The van der Waals surface area contributed by atoms with Crippen molar-refractivity contribution in [3.8, 4) is 22.3 Å². The summed E-state index contributed by atoms with van der Waals surface area (Å²) in [7, 11) is 3.48. The molecule has 4 aliphatic rings. The molecule has 0 N–H and O–H groups in total. The minimum Gasteiger partial charge on any atom is -1.00 e. The van der Waals surface area contributed by atoms with Gasteiger partial charge < -0.3 is 47.1 Å². The van der Waals surface area contributed by atoms with Crippen LogP contribution in [0.15, 0.2) is 109 Å². The van der Waals surface area contributed by atoms with Crippen molar-refractivity contribution in [3.05, 3.63) is 180 Å². The second-order valence-corrected chi connectivity index (χ2v) is 11.4. The zero-order valence-corrected chi connectivity index (χ0v) is 37.8. The van der Waals surface area contributed by atoms with Crippen LogP contribution in [0.1, 0.15) is 73.9 Å². The van der Waals surface area contributed by atoms with E-state index in [2.05, 4.69) is 97.1 Å². The average molecular weight is 888 g/mol. The SMILES string of the molecule is COCc1cc[c-]c2c1-c1ccccc1C2.COCc1cc[c-]c2c1-c1ccccc1C2.C[CH-]C.C[CH-]C.[C-]1=CC=CC1.[C-]1=CC=CC1.[Cl-].[Cl-].[Zr+3].[Zr+3]. The largest absolute Gasteiger partial charge is 3.00 e. The minimum absolute atomic E-state index is 0. The molecule has 0 spiro atoms. The van der Waals surface area contributed by atoms with Crippen molar-refractivity contribution in [1.82, 2.24) is 0 Å². The molecule has 4 aromatic rings. The van der Waals surface area contributed by atoms with E-state index >= 15 is 0 Å². The number of hydrogen-bond acceptors (Lipinski definition) is 2.